The summed E-state index contributed by atoms with van der Waals surface area (Å²) in [6, 6.07) is 1.11. The summed E-state index contributed by atoms with van der Waals surface area (Å²) in [6.07, 6.45) is -2.30. The van der Waals surface area contributed by atoms with E-state index in [2.05, 4.69) is 0 Å². The zero-order chi connectivity index (χ0) is 19.6. The Morgan fingerprint density at radius 1 is 1.62 bits per heavy atom. The lowest BCUT2D eigenvalue weighted by Gasteiger charge is -2.26. The molecule has 12 nitrogen and oxygen atoms in total. The van der Waals surface area contributed by atoms with E-state index in [1.807, 2.05) is 4.98 Å². The van der Waals surface area contributed by atoms with Crippen molar-refractivity contribution in [2.75, 3.05) is 6.61 Å². The van der Waals surface area contributed by atoms with Crippen LogP contribution in [0.1, 0.15) is 6.92 Å². The molecule has 1 aliphatic rings. The molecular formula is C14H16N4O8. The lowest BCUT2D eigenvalue weighted by atomic mass is 10.1. The van der Waals surface area contributed by atoms with Crippen molar-refractivity contribution in [3.8, 4) is 6.07 Å². The van der Waals surface area contributed by atoms with E-state index in [9.17, 15) is 35.0 Å². The van der Waals surface area contributed by atoms with Gasteiger partial charge >= 0.3 is 17.4 Å². The number of aliphatic hydroxyl groups is 3. The topological polar surface area (TPSA) is 201 Å². The normalized spacial score (nSPS) is 24.5. The average molecular weight is 368 g/mol. The molecule has 4 atom stereocenters. The quantitative estimate of drug-likeness (QED) is 0.336. The van der Waals surface area contributed by atoms with Gasteiger partial charge in [0, 0.05) is 12.3 Å². The maximum absolute atomic E-state index is 11.9. The summed E-state index contributed by atoms with van der Waals surface area (Å²) in [6.45, 7) is 0.547. The molecule has 140 valence electrons. The summed E-state index contributed by atoms with van der Waals surface area (Å²) in [5.41, 5.74) is 1.15. The Labute approximate surface area is 145 Å². The van der Waals surface area contributed by atoms with Crippen LogP contribution < -0.4 is 17.0 Å². The predicted molar refractivity (Wildman–Crippen MR) is 82.3 cm³/mol. The highest BCUT2D eigenvalue weighted by Crippen LogP contribution is 2.36. The number of carbonyl (C=O) groups excluding carboxylic acids is 1. The monoisotopic (exact) mass is 368 g/mol. The van der Waals surface area contributed by atoms with Crippen LogP contribution in [-0.2, 0) is 20.0 Å². The fourth-order valence-corrected chi connectivity index (χ4v) is 2.16. The molecule has 0 bridgehead atoms. The molecule has 0 saturated carbocycles. The fraction of sp³-hybridized carbons (Fsp3) is 0.429. The van der Waals surface area contributed by atoms with E-state index >= 15 is 0 Å². The van der Waals surface area contributed by atoms with Crippen molar-refractivity contribution in [2.24, 2.45) is 5.73 Å². The Kier molecular flexibility index (Phi) is 5.17. The van der Waals surface area contributed by atoms with Gasteiger partial charge in [0.1, 0.15) is 12.1 Å². The molecule has 2 unspecified atom stereocenters. The second-order valence-corrected chi connectivity index (χ2v) is 5.48. The molecule has 26 heavy (non-hydrogen) atoms. The number of carbonyl (C=O) groups is 1. The Morgan fingerprint density at radius 2 is 2.27 bits per heavy atom. The molecule has 2 heterocycles. The van der Waals surface area contributed by atoms with Crippen LogP contribution in [0.5, 0.6) is 0 Å². The van der Waals surface area contributed by atoms with Gasteiger partial charge in [-0.3, -0.25) is 14.6 Å². The number of hydrogen-bond donors (Lipinski definition) is 5. The Morgan fingerprint density at radius 3 is 2.81 bits per heavy atom. The Bertz CT molecular complexity index is 895. The summed E-state index contributed by atoms with van der Waals surface area (Å²) >= 11 is 0. The second-order valence-electron chi connectivity index (χ2n) is 5.48. The van der Waals surface area contributed by atoms with Crippen molar-refractivity contribution in [1.29, 1.82) is 5.26 Å². The lowest BCUT2D eigenvalue weighted by Crippen LogP contribution is -2.49. The second kappa shape index (κ2) is 7.00. The molecule has 1 aromatic rings. The van der Waals surface area contributed by atoms with E-state index in [4.69, 9.17) is 15.2 Å². The minimum absolute atomic E-state index is 0.497. The molecule has 0 aromatic carbocycles. The first kappa shape index (κ1) is 19.2. The molecule has 0 saturated heterocycles. The minimum atomic E-state index is -2.42. The minimum Gasteiger partial charge on any atom is -0.506 e. The molecule has 1 aliphatic heterocycles. The van der Waals surface area contributed by atoms with E-state index in [1.165, 1.54) is 6.92 Å². The van der Waals surface area contributed by atoms with Gasteiger partial charge in [0.05, 0.1) is 6.10 Å². The van der Waals surface area contributed by atoms with Gasteiger partial charge in [-0.1, -0.05) is 0 Å². The van der Waals surface area contributed by atoms with Crippen molar-refractivity contribution in [3.63, 3.8) is 0 Å². The van der Waals surface area contributed by atoms with Gasteiger partial charge in [0.15, 0.2) is 24.2 Å². The highest BCUT2D eigenvalue weighted by Gasteiger charge is 2.53. The third-order valence-corrected chi connectivity index (χ3v) is 3.67. The number of nitrogens with one attached hydrogen (secondary N) is 1. The summed E-state index contributed by atoms with van der Waals surface area (Å²) in [4.78, 5) is 36.6. The largest absolute Gasteiger partial charge is 0.506 e. The van der Waals surface area contributed by atoms with Gasteiger partial charge in [0.2, 0.25) is 0 Å². The average Bonchev–Trinajstić information content (AvgIpc) is 2.84. The van der Waals surface area contributed by atoms with Crippen molar-refractivity contribution in [1.82, 2.24) is 9.55 Å². The SMILES string of the molecule is CC(O)[C@@H](N)C(=O)OCC1=C(O)C(O)[C@](C#N)(n2ccc(=O)[nH]c2=O)O1. The van der Waals surface area contributed by atoms with Crippen LogP contribution in [0.4, 0.5) is 0 Å². The third kappa shape index (κ3) is 3.18. The van der Waals surface area contributed by atoms with Crippen LogP contribution in [0, 0.1) is 11.3 Å². The van der Waals surface area contributed by atoms with Crippen LogP contribution in [0.25, 0.3) is 0 Å². The maximum atomic E-state index is 11.9. The number of rotatable bonds is 5. The van der Waals surface area contributed by atoms with Crippen molar-refractivity contribution in [3.05, 3.63) is 44.6 Å². The van der Waals surface area contributed by atoms with Gasteiger partial charge in [0.25, 0.3) is 5.56 Å². The Balaban J connectivity index is 2.28. The summed E-state index contributed by atoms with van der Waals surface area (Å²) in [5.74, 6) is -2.36. The highest BCUT2D eigenvalue weighted by molar-refractivity contribution is 5.76. The number of ether oxygens (including phenoxy) is 2. The van der Waals surface area contributed by atoms with Gasteiger partial charge in [-0.05, 0) is 6.92 Å². The third-order valence-electron chi connectivity index (χ3n) is 3.67. The molecule has 6 N–H and O–H groups in total. The molecule has 0 aliphatic carbocycles. The number of nitriles is 1. The maximum Gasteiger partial charge on any atom is 0.332 e. The number of hydrogen-bond acceptors (Lipinski definition) is 10. The number of aliphatic hydroxyl groups excluding tert-OH is 3. The smallest absolute Gasteiger partial charge is 0.332 e. The summed E-state index contributed by atoms with van der Waals surface area (Å²) in [7, 11) is 0. The first-order valence-corrected chi connectivity index (χ1v) is 7.27. The van der Waals surface area contributed by atoms with E-state index in [0.717, 1.165) is 12.3 Å². The van der Waals surface area contributed by atoms with Gasteiger partial charge in [-0.25, -0.2) is 9.36 Å². The molecule has 0 spiro atoms. The van der Waals surface area contributed by atoms with Crippen LogP contribution in [0.3, 0.4) is 0 Å². The predicted octanol–water partition coefficient (Wildman–Crippen LogP) is -2.88. The number of aromatic amines is 1. The number of nitrogens with two attached hydrogens (primary N) is 1. The molecular weight excluding hydrogens is 352 g/mol. The zero-order valence-corrected chi connectivity index (χ0v) is 13.4. The molecule has 2 rings (SSSR count). The van der Waals surface area contributed by atoms with Crippen molar-refractivity contribution >= 4 is 5.97 Å². The van der Waals surface area contributed by atoms with Crippen LogP contribution in [-0.4, -0.2) is 55.7 Å². The van der Waals surface area contributed by atoms with E-state index in [0.29, 0.717) is 4.57 Å². The molecule has 0 amide bonds. The molecule has 1 aromatic heterocycles. The standard InChI is InChI=1S/C14H16N4O8/c1-6(19)9(16)12(23)25-4-7-10(21)11(22)14(5-15,26-7)18-3-2-8(20)17-13(18)24/h2-3,6,9,11,19,21-22H,4,16H2,1H3,(H,17,20,24)/t6?,9-,11?,14-/m1/s1. The van der Waals surface area contributed by atoms with E-state index in [1.54, 1.807) is 6.07 Å². The fourth-order valence-electron chi connectivity index (χ4n) is 2.16. The Hall–Kier alpha value is -3.14. The van der Waals surface area contributed by atoms with E-state index in [-0.39, 0.29) is 0 Å². The van der Waals surface area contributed by atoms with Gasteiger partial charge in [-0.2, -0.15) is 5.26 Å². The first-order valence-electron chi connectivity index (χ1n) is 7.27. The van der Waals surface area contributed by atoms with Crippen molar-refractivity contribution in [2.45, 2.75) is 30.9 Å². The van der Waals surface area contributed by atoms with Crippen molar-refractivity contribution < 1.29 is 29.6 Å². The van der Waals surface area contributed by atoms with Crippen LogP contribution in [0.2, 0.25) is 0 Å². The number of esters is 1. The summed E-state index contributed by atoms with van der Waals surface area (Å²) in [5, 5.41) is 38.8. The molecule has 12 heteroatoms. The van der Waals surface area contributed by atoms with E-state index < -0.39 is 59.3 Å². The van der Waals surface area contributed by atoms with Crippen LogP contribution >= 0.6 is 0 Å². The summed E-state index contributed by atoms with van der Waals surface area (Å²) < 4.78 is 10.5. The number of nitrogens with zero attached hydrogens (tertiary/aromatic N) is 2. The molecule has 0 radical (unpaired) electrons. The number of aromatic nitrogens is 2. The van der Waals surface area contributed by atoms with Crippen LogP contribution in [0.15, 0.2) is 33.4 Å². The zero-order valence-electron chi connectivity index (χ0n) is 13.4. The highest BCUT2D eigenvalue weighted by atomic mass is 16.6. The first-order chi connectivity index (χ1) is 12.1. The van der Waals surface area contributed by atoms with Gasteiger partial charge in [-0.15, -0.1) is 0 Å². The molecule has 0 fully saturated rings. The lowest BCUT2D eigenvalue weighted by molar-refractivity contribution is -0.149. The number of H-pyrrole nitrogens is 1. The van der Waals surface area contributed by atoms with Gasteiger partial charge < -0.3 is 30.5 Å².